The van der Waals surface area contributed by atoms with Crippen molar-refractivity contribution >= 4 is 0 Å². The summed E-state index contributed by atoms with van der Waals surface area (Å²) >= 11 is 0. The minimum Gasteiger partial charge on any atom is -0.0651 e. The number of rotatable bonds is 2. The topological polar surface area (TPSA) is 0 Å². The molecule has 2 saturated carbocycles. The summed E-state index contributed by atoms with van der Waals surface area (Å²) in [5.41, 5.74) is 0. The molecule has 93 valence electrons. The zero-order chi connectivity index (χ0) is 10.2. The second-order valence-corrected chi connectivity index (χ2v) is 5.12. The molecule has 15 heavy (non-hydrogen) atoms. The van der Waals surface area contributed by atoms with Crippen LogP contribution in [0.25, 0.3) is 0 Å². The third-order valence-electron chi connectivity index (χ3n) is 4.10. The first-order chi connectivity index (χ1) is 6.86. The van der Waals surface area contributed by atoms with Gasteiger partial charge in [0.2, 0.25) is 0 Å². The van der Waals surface area contributed by atoms with Crippen molar-refractivity contribution in [3.05, 3.63) is 0 Å². The standard InChI is InChI=1S/2C7H14.Co/c2*1-2-7-5-3-4-6-7;/h2*7H,2-6H2,1H3;. The molecule has 0 unspecified atom stereocenters. The minimum atomic E-state index is 0. The van der Waals surface area contributed by atoms with E-state index >= 15 is 0 Å². The summed E-state index contributed by atoms with van der Waals surface area (Å²) in [6.45, 7) is 4.60. The van der Waals surface area contributed by atoms with Crippen LogP contribution in [0.5, 0.6) is 0 Å². The van der Waals surface area contributed by atoms with E-state index in [9.17, 15) is 0 Å². The van der Waals surface area contributed by atoms with Crippen LogP contribution in [0.1, 0.15) is 78.1 Å². The number of hydrogen-bond acceptors (Lipinski definition) is 0. The molecule has 2 aliphatic rings. The van der Waals surface area contributed by atoms with E-state index in [1.807, 2.05) is 0 Å². The summed E-state index contributed by atoms with van der Waals surface area (Å²) in [7, 11) is 0. The van der Waals surface area contributed by atoms with Crippen molar-refractivity contribution in [2.45, 2.75) is 78.1 Å². The predicted molar refractivity (Wildman–Crippen MR) is 64.5 cm³/mol. The maximum Gasteiger partial charge on any atom is 0 e. The molecule has 0 bridgehead atoms. The van der Waals surface area contributed by atoms with Crippen molar-refractivity contribution in [2.24, 2.45) is 11.8 Å². The van der Waals surface area contributed by atoms with Gasteiger partial charge in [-0.05, 0) is 11.8 Å². The Balaban J connectivity index is 0.000000245. The summed E-state index contributed by atoms with van der Waals surface area (Å²) in [6, 6.07) is 0. The summed E-state index contributed by atoms with van der Waals surface area (Å²) in [6.07, 6.45) is 14.9. The van der Waals surface area contributed by atoms with Gasteiger partial charge >= 0.3 is 0 Å². The van der Waals surface area contributed by atoms with Gasteiger partial charge in [0.1, 0.15) is 0 Å². The van der Waals surface area contributed by atoms with Gasteiger partial charge in [0.25, 0.3) is 0 Å². The van der Waals surface area contributed by atoms with Gasteiger partial charge in [-0.1, -0.05) is 78.1 Å². The first kappa shape index (κ1) is 15.5. The average Bonchev–Trinajstić information content (AvgIpc) is 2.92. The normalized spacial score (nSPS) is 22.0. The van der Waals surface area contributed by atoms with E-state index in [0.717, 1.165) is 11.8 Å². The Bertz CT molecular complexity index is 105. The van der Waals surface area contributed by atoms with Gasteiger partial charge in [0.15, 0.2) is 0 Å². The van der Waals surface area contributed by atoms with Gasteiger partial charge in [0, 0.05) is 16.8 Å². The van der Waals surface area contributed by atoms with E-state index in [2.05, 4.69) is 13.8 Å². The first-order valence-electron chi connectivity index (χ1n) is 6.86. The molecule has 0 aromatic rings. The van der Waals surface area contributed by atoms with Crippen molar-refractivity contribution < 1.29 is 16.8 Å². The van der Waals surface area contributed by atoms with E-state index in [4.69, 9.17) is 0 Å². The van der Waals surface area contributed by atoms with Crippen molar-refractivity contribution in [1.82, 2.24) is 0 Å². The summed E-state index contributed by atoms with van der Waals surface area (Å²) < 4.78 is 0. The largest absolute Gasteiger partial charge is 0.0651 e. The van der Waals surface area contributed by atoms with Gasteiger partial charge in [-0.25, -0.2) is 0 Å². The van der Waals surface area contributed by atoms with Crippen molar-refractivity contribution in [1.29, 1.82) is 0 Å². The van der Waals surface area contributed by atoms with Crippen LogP contribution in [0.15, 0.2) is 0 Å². The second kappa shape index (κ2) is 9.71. The summed E-state index contributed by atoms with van der Waals surface area (Å²) in [4.78, 5) is 0. The third kappa shape index (κ3) is 6.62. The fraction of sp³-hybridized carbons (Fsp3) is 1.00. The third-order valence-corrected chi connectivity index (χ3v) is 4.10. The zero-order valence-corrected chi connectivity index (χ0v) is 11.6. The molecule has 0 aromatic carbocycles. The van der Waals surface area contributed by atoms with Gasteiger partial charge in [-0.3, -0.25) is 0 Å². The van der Waals surface area contributed by atoms with E-state index in [1.54, 1.807) is 0 Å². The molecule has 0 aliphatic heterocycles. The molecule has 1 heteroatoms. The summed E-state index contributed by atoms with van der Waals surface area (Å²) in [5.74, 6) is 2.19. The quantitative estimate of drug-likeness (QED) is 0.638. The van der Waals surface area contributed by atoms with E-state index in [1.165, 1.54) is 64.2 Å². The van der Waals surface area contributed by atoms with Crippen LogP contribution in [-0.4, -0.2) is 0 Å². The smallest absolute Gasteiger partial charge is 0 e. The van der Waals surface area contributed by atoms with E-state index < -0.39 is 0 Å². The molecule has 0 atom stereocenters. The van der Waals surface area contributed by atoms with Gasteiger partial charge in [-0.15, -0.1) is 0 Å². The molecule has 1 radical (unpaired) electrons. The molecule has 0 amide bonds. The second-order valence-electron chi connectivity index (χ2n) is 5.12. The van der Waals surface area contributed by atoms with Crippen molar-refractivity contribution in [3.8, 4) is 0 Å². The maximum atomic E-state index is 2.30. The van der Waals surface area contributed by atoms with Crippen LogP contribution in [-0.2, 0) is 16.8 Å². The van der Waals surface area contributed by atoms with Crippen LogP contribution >= 0.6 is 0 Å². The fourth-order valence-corrected chi connectivity index (χ4v) is 2.84. The summed E-state index contributed by atoms with van der Waals surface area (Å²) in [5, 5.41) is 0. The maximum absolute atomic E-state index is 2.30. The molecule has 0 N–H and O–H groups in total. The first-order valence-corrected chi connectivity index (χ1v) is 6.86. The Kier molecular flexibility index (Phi) is 10.0. The fourth-order valence-electron chi connectivity index (χ4n) is 2.84. The monoisotopic (exact) mass is 255 g/mol. The van der Waals surface area contributed by atoms with E-state index in [0.29, 0.717) is 0 Å². The Labute approximate surface area is 107 Å². The average molecular weight is 255 g/mol. The predicted octanol–water partition coefficient (Wildman–Crippen LogP) is 5.17. The molecule has 2 rings (SSSR count). The molecule has 2 aliphatic carbocycles. The molecule has 0 spiro atoms. The van der Waals surface area contributed by atoms with Crippen LogP contribution < -0.4 is 0 Å². The zero-order valence-electron chi connectivity index (χ0n) is 10.6. The van der Waals surface area contributed by atoms with E-state index in [-0.39, 0.29) is 16.8 Å². The molecule has 0 saturated heterocycles. The van der Waals surface area contributed by atoms with Crippen LogP contribution in [0.4, 0.5) is 0 Å². The van der Waals surface area contributed by atoms with Gasteiger partial charge < -0.3 is 0 Å². The Hall–Kier alpha value is 0.506. The van der Waals surface area contributed by atoms with Crippen LogP contribution in [0.3, 0.4) is 0 Å². The van der Waals surface area contributed by atoms with Crippen LogP contribution in [0.2, 0.25) is 0 Å². The molecule has 0 nitrogen and oxygen atoms in total. The molecule has 0 aromatic heterocycles. The Morgan fingerprint density at radius 1 is 0.667 bits per heavy atom. The SMILES string of the molecule is CCC1CCCC1.CCC1CCCC1.[Co]. The molecular weight excluding hydrogens is 227 g/mol. The Morgan fingerprint density at radius 2 is 0.933 bits per heavy atom. The van der Waals surface area contributed by atoms with Crippen molar-refractivity contribution in [2.75, 3.05) is 0 Å². The molecule has 0 heterocycles. The number of hydrogen-bond donors (Lipinski definition) is 0. The Morgan fingerprint density at radius 3 is 1.07 bits per heavy atom. The molecule has 2 fully saturated rings. The van der Waals surface area contributed by atoms with Gasteiger partial charge in [0.05, 0.1) is 0 Å². The van der Waals surface area contributed by atoms with Crippen molar-refractivity contribution in [3.63, 3.8) is 0 Å². The minimum absolute atomic E-state index is 0. The van der Waals surface area contributed by atoms with Crippen LogP contribution in [0, 0.1) is 11.8 Å². The van der Waals surface area contributed by atoms with Gasteiger partial charge in [-0.2, -0.15) is 0 Å². The molecular formula is C14H28Co.